The molecule has 17 heavy (non-hydrogen) atoms. The third-order valence-electron chi connectivity index (χ3n) is 2.61. The van der Waals surface area contributed by atoms with Gasteiger partial charge in [0.05, 0.1) is 14.5 Å². The Bertz CT molecular complexity index is 436. The summed E-state index contributed by atoms with van der Waals surface area (Å²) in [5.41, 5.74) is 1.20. The summed E-state index contributed by atoms with van der Waals surface area (Å²) in [4.78, 5) is 5.92. The molecule has 0 aliphatic carbocycles. The van der Waals surface area contributed by atoms with Crippen molar-refractivity contribution < 1.29 is 0 Å². The summed E-state index contributed by atoms with van der Waals surface area (Å²) in [5, 5.41) is 6.68. The van der Waals surface area contributed by atoms with Gasteiger partial charge in [-0.15, -0.1) is 22.7 Å². The van der Waals surface area contributed by atoms with E-state index in [9.17, 15) is 0 Å². The lowest BCUT2D eigenvalue weighted by atomic mass is 10.1. The highest BCUT2D eigenvalue weighted by atomic mass is 79.9. The quantitative estimate of drug-likeness (QED) is 0.905. The van der Waals surface area contributed by atoms with Gasteiger partial charge in [0.15, 0.2) is 0 Å². The molecule has 0 aliphatic heterocycles. The fourth-order valence-electron chi connectivity index (χ4n) is 1.74. The van der Waals surface area contributed by atoms with Gasteiger partial charge in [-0.05, 0) is 48.5 Å². The van der Waals surface area contributed by atoms with E-state index in [0.717, 1.165) is 17.8 Å². The molecule has 0 fully saturated rings. The summed E-state index contributed by atoms with van der Waals surface area (Å²) < 4.78 is 1.20. The van der Waals surface area contributed by atoms with Crippen LogP contribution in [0.3, 0.4) is 0 Å². The van der Waals surface area contributed by atoms with Crippen LogP contribution >= 0.6 is 38.6 Å². The molecule has 92 valence electrons. The molecule has 0 aliphatic rings. The van der Waals surface area contributed by atoms with Gasteiger partial charge >= 0.3 is 0 Å². The number of likely N-dealkylation sites (N-methyl/N-ethyl adjacent to an activating group) is 1. The van der Waals surface area contributed by atoms with Crippen LogP contribution in [0, 0.1) is 6.92 Å². The van der Waals surface area contributed by atoms with Crippen molar-refractivity contribution in [3.8, 4) is 0 Å². The van der Waals surface area contributed by atoms with Crippen LogP contribution in [-0.4, -0.2) is 18.1 Å². The van der Waals surface area contributed by atoms with E-state index in [1.807, 2.05) is 7.05 Å². The zero-order valence-corrected chi connectivity index (χ0v) is 13.1. The van der Waals surface area contributed by atoms with Crippen molar-refractivity contribution in [2.24, 2.45) is 0 Å². The van der Waals surface area contributed by atoms with E-state index in [1.165, 1.54) is 14.4 Å². The maximum Gasteiger partial charge on any atom is 0.0897 e. The normalized spacial score (nSPS) is 12.9. The largest absolute Gasteiger partial charge is 0.316 e. The van der Waals surface area contributed by atoms with Gasteiger partial charge in [0, 0.05) is 22.7 Å². The first-order chi connectivity index (χ1) is 8.17. The van der Waals surface area contributed by atoms with Gasteiger partial charge in [-0.1, -0.05) is 0 Å². The number of nitrogens with zero attached hydrogens (tertiary/aromatic N) is 1. The van der Waals surface area contributed by atoms with Crippen LogP contribution in [0.15, 0.2) is 21.3 Å². The molecule has 2 aromatic heterocycles. The lowest BCUT2D eigenvalue weighted by Gasteiger charge is -2.13. The molecular formula is C12H15BrN2S2. The minimum absolute atomic E-state index is 0.460. The molecular weight excluding hydrogens is 316 g/mol. The summed E-state index contributed by atoms with van der Waals surface area (Å²) in [5.74, 6) is 0. The molecule has 1 unspecified atom stereocenters. The predicted molar refractivity (Wildman–Crippen MR) is 79.1 cm³/mol. The topological polar surface area (TPSA) is 24.9 Å². The summed E-state index contributed by atoms with van der Waals surface area (Å²) >= 11 is 7.03. The number of aromatic nitrogens is 1. The van der Waals surface area contributed by atoms with Crippen molar-refractivity contribution in [3.05, 3.63) is 36.9 Å². The van der Waals surface area contributed by atoms with Crippen LogP contribution in [0.1, 0.15) is 15.6 Å². The molecule has 0 spiro atoms. The van der Waals surface area contributed by atoms with E-state index in [-0.39, 0.29) is 0 Å². The van der Waals surface area contributed by atoms with Gasteiger partial charge in [0.25, 0.3) is 0 Å². The molecule has 0 saturated carbocycles. The van der Waals surface area contributed by atoms with E-state index in [0.29, 0.717) is 6.04 Å². The predicted octanol–water partition coefficient (Wildman–Crippen LogP) is 3.65. The smallest absolute Gasteiger partial charge is 0.0897 e. The molecule has 2 heterocycles. The standard InChI is InChI=1S/C12H15BrN2S2/c1-8-15-10(7-16-8)5-9(14-2)6-11-3-4-12(13)17-11/h3-4,7,9,14H,5-6H2,1-2H3. The van der Waals surface area contributed by atoms with Crippen molar-refractivity contribution in [2.45, 2.75) is 25.8 Å². The first kappa shape index (κ1) is 13.2. The Kier molecular flexibility index (Phi) is 4.73. The highest BCUT2D eigenvalue weighted by Crippen LogP contribution is 2.23. The molecule has 0 bridgehead atoms. The Hall–Kier alpha value is -0.230. The molecule has 2 aromatic rings. The summed E-state index contributed by atoms with van der Waals surface area (Å²) in [6.45, 7) is 2.05. The molecule has 0 radical (unpaired) electrons. The Morgan fingerprint density at radius 2 is 2.24 bits per heavy atom. The molecule has 0 amide bonds. The van der Waals surface area contributed by atoms with Crippen LogP contribution in [0.2, 0.25) is 0 Å². The van der Waals surface area contributed by atoms with Crippen LogP contribution in [0.5, 0.6) is 0 Å². The minimum atomic E-state index is 0.460. The second-order valence-electron chi connectivity index (χ2n) is 3.96. The van der Waals surface area contributed by atoms with Gasteiger partial charge in [-0.25, -0.2) is 4.98 Å². The second-order valence-corrected chi connectivity index (χ2v) is 7.57. The van der Waals surface area contributed by atoms with Gasteiger partial charge in [-0.2, -0.15) is 0 Å². The van der Waals surface area contributed by atoms with Crippen molar-refractivity contribution in [3.63, 3.8) is 0 Å². The lowest BCUT2D eigenvalue weighted by Crippen LogP contribution is -2.29. The first-order valence-corrected chi connectivity index (χ1v) is 7.99. The first-order valence-electron chi connectivity index (χ1n) is 5.50. The van der Waals surface area contributed by atoms with Crippen LogP contribution in [0.4, 0.5) is 0 Å². The lowest BCUT2D eigenvalue weighted by molar-refractivity contribution is 0.555. The van der Waals surface area contributed by atoms with E-state index in [1.54, 1.807) is 22.7 Å². The maximum absolute atomic E-state index is 4.52. The third kappa shape index (κ3) is 3.88. The number of rotatable bonds is 5. The number of thiophene rings is 1. The number of halogens is 1. The fourth-order valence-corrected chi connectivity index (χ4v) is 3.92. The maximum atomic E-state index is 4.52. The van der Waals surface area contributed by atoms with Crippen LogP contribution in [-0.2, 0) is 12.8 Å². The molecule has 0 aromatic carbocycles. The Labute approximate surface area is 118 Å². The van der Waals surface area contributed by atoms with E-state index < -0.39 is 0 Å². The van der Waals surface area contributed by atoms with Gasteiger partial charge < -0.3 is 5.32 Å². The van der Waals surface area contributed by atoms with Gasteiger partial charge in [0.2, 0.25) is 0 Å². The second kappa shape index (κ2) is 6.09. The van der Waals surface area contributed by atoms with E-state index >= 15 is 0 Å². The number of hydrogen-bond donors (Lipinski definition) is 1. The average Bonchev–Trinajstić information content (AvgIpc) is 2.87. The Morgan fingerprint density at radius 3 is 2.76 bits per heavy atom. The summed E-state index contributed by atoms with van der Waals surface area (Å²) in [7, 11) is 2.02. The average molecular weight is 331 g/mol. The molecule has 5 heteroatoms. The molecule has 2 nitrogen and oxygen atoms in total. The zero-order chi connectivity index (χ0) is 12.3. The van der Waals surface area contributed by atoms with Crippen molar-refractivity contribution in [1.29, 1.82) is 0 Å². The Balaban J connectivity index is 1.97. The highest BCUT2D eigenvalue weighted by Gasteiger charge is 2.11. The molecule has 1 atom stereocenters. The van der Waals surface area contributed by atoms with Gasteiger partial charge in [0.1, 0.15) is 0 Å². The fraction of sp³-hybridized carbons (Fsp3) is 0.417. The molecule has 2 rings (SSSR count). The van der Waals surface area contributed by atoms with Crippen molar-refractivity contribution in [1.82, 2.24) is 10.3 Å². The minimum Gasteiger partial charge on any atom is -0.316 e. The molecule has 0 saturated heterocycles. The number of thiazole rings is 1. The SMILES string of the molecule is CNC(Cc1csc(C)n1)Cc1ccc(Br)s1. The Morgan fingerprint density at radius 1 is 1.41 bits per heavy atom. The monoisotopic (exact) mass is 330 g/mol. The van der Waals surface area contributed by atoms with Gasteiger partial charge in [-0.3, -0.25) is 0 Å². The number of aryl methyl sites for hydroxylation is 1. The zero-order valence-electron chi connectivity index (χ0n) is 9.87. The number of nitrogens with one attached hydrogen (secondary N) is 1. The highest BCUT2D eigenvalue weighted by molar-refractivity contribution is 9.11. The third-order valence-corrected chi connectivity index (χ3v) is 5.08. The van der Waals surface area contributed by atoms with E-state index in [2.05, 4.69) is 50.7 Å². The van der Waals surface area contributed by atoms with Crippen LogP contribution < -0.4 is 5.32 Å². The van der Waals surface area contributed by atoms with Crippen molar-refractivity contribution in [2.75, 3.05) is 7.05 Å². The summed E-state index contributed by atoms with van der Waals surface area (Å²) in [6, 6.07) is 4.76. The van der Waals surface area contributed by atoms with Crippen molar-refractivity contribution >= 4 is 38.6 Å². The summed E-state index contributed by atoms with van der Waals surface area (Å²) in [6.07, 6.45) is 2.06. The van der Waals surface area contributed by atoms with Crippen LogP contribution in [0.25, 0.3) is 0 Å². The molecule has 1 N–H and O–H groups in total. The number of hydrogen-bond acceptors (Lipinski definition) is 4. The van der Waals surface area contributed by atoms with E-state index in [4.69, 9.17) is 0 Å².